The van der Waals surface area contributed by atoms with Crippen LogP contribution in [0.25, 0.3) is 0 Å². The van der Waals surface area contributed by atoms with Crippen molar-refractivity contribution in [3.05, 3.63) is 76.4 Å². The monoisotopic (exact) mass is 446 g/mol. The van der Waals surface area contributed by atoms with Gasteiger partial charge in [-0.1, -0.05) is 12.1 Å². The van der Waals surface area contributed by atoms with Gasteiger partial charge in [0.15, 0.2) is 6.19 Å². The summed E-state index contributed by atoms with van der Waals surface area (Å²) in [4.78, 5) is 8.63. The molecule has 2 aromatic carbocycles. The lowest BCUT2D eigenvalue weighted by Crippen LogP contribution is -2.33. The third-order valence-electron chi connectivity index (χ3n) is 4.91. The second-order valence-electron chi connectivity index (χ2n) is 7.00. The van der Waals surface area contributed by atoms with Crippen LogP contribution in [0.4, 0.5) is 26.1 Å². The molecule has 0 saturated carbocycles. The molecule has 9 nitrogen and oxygen atoms in total. The molecule has 1 aliphatic rings. The van der Waals surface area contributed by atoms with Crippen LogP contribution < -0.4 is 26.8 Å². The maximum atomic E-state index is 14.1. The van der Waals surface area contributed by atoms with Crippen molar-refractivity contribution < 1.29 is 13.5 Å². The van der Waals surface area contributed by atoms with Crippen LogP contribution in [0.2, 0.25) is 0 Å². The number of aliphatic imine (C=N–C) groups is 1. The number of ether oxygens (including phenoxy) is 1. The lowest BCUT2D eigenvalue weighted by Gasteiger charge is -2.27. The first-order chi connectivity index (χ1) is 15.9. The smallest absolute Gasteiger partial charge is 0.211 e. The normalized spacial score (nSPS) is 14.2. The largest absolute Gasteiger partial charge is 0.488 e. The van der Waals surface area contributed by atoms with Crippen LogP contribution in [-0.2, 0) is 6.61 Å². The average molecular weight is 446 g/mol. The van der Waals surface area contributed by atoms with Crippen LogP contribution in [-0.4, -0.2) is 10.9 Å². The van der Waals surface area contributed by atoms with E-state index in [0.29, 0.717) is 16.7 Å². The Balaban J connectivity index is 1.83. The Morgan fingerprint density at radius 2 is 1.91 bits per heavy atom. The van der Waals surface area contributed by atoms with E-state index in [4.69, 9.17) is 21.5 Å². The number of nitriles is 2. The number of nitrogen functional groups attached to an aromatic ring is 2. The molecule has 1 aromatic heterocycles. The number of nitrogens with two attached hydrogens (primary N) is 2. The number of aromatic nitrogens is 1. The zero-order valence-electron chi connectivity index (χ0n) is 16.9. The van der Waals surface area contributed by atoms with Crippen LogP contribution in [0.15, 0.2) is 47.5 Å². The number of anilines is 3. The van der Waals surface area contributed by atoms with Gasteiger partial charge in [0.2, 0.25) is 5.96 Å². The standard InChI is InChI=1S/C22H16F2N8O/c23-12-3-1-2-11(6-12)9-33-16-7-13(24)4-5-14(16)19-17-18(27)15(8-25)20(28)31-21(17)32-22(30-19)29-10-26/h1-7,19H,9H2,(H6,27,28,29,30,31,32). The third kappa shape index (κ3) is 4.16. The zero-order valence-corrected chi connectivity index (χ0v) is 16.9. The topological polar surface area (TPSA) is 158 Å². The Kier molecular flexibility index (Phi) is 5.62. The highest BCUT2D eigenvalue weighted by Crippen LogP contribution is 2.43. The Morgan fingerprint density at radius 1 is 1.12 bits per heavy atom. The summed E-state index contributed by atoms with van der Waals surface area (Å²) >= 11 is 0. The molecule has 1 atom stereocenters. The van der Waals surface area contributed by atoms with Crippen molar-refractivity contribution in [1.29, 1.82) is 10.5 Å². The molecule has 0 spiro atoms. The molecule has 4 rings (SSSR count). The summed E-state index contributed by atoms with van der Waals surface area (Å²) in [6.07, 6.45) is 1.76. The maximum absolute atomic E-state index is 14.1. The maximum Gasteiger partial charge on any atom is 0.211 e. The Labute approximate surface area is 186 Å². The highest BCUT2D eigenvalue weighted by atomic mass is 19.1. The molecular formula is C22H16F2N8O. The van der Waals surface area contributed by atoms with E-state index in [9.17, 15) is 14.0 Å². The van der Waals surface area contributed by atoms with Crippen LogP contribution in [0, 0.1) is 34.4 Å². The van der Waals surface area contributed by atoms with Gasteiger partial charge in [-0.05, 0) is 29.8 Å². The first-order valence-electron chi connectivity index (χ1n) is 9.56. The molecule has 0 radical (unpaired) electrons. The summed E-state index contributed by atoms with van der Waals surface area (Å²) in [5, 5.41) is 23.7. The van der Waals surface area contributed by atoms with Gasteiger partial charge in [-0.25, -0.2) is 18.8 Å². The fourth-order valence-corrected chi connectivity index (χ4v) is 3.45. The highest BCUT2D eigenvalue weighted by molar-refractivity contribution is 5.98. The Bertz CT molecular complexity index is 1360. The molecule has 33 heavy (non-hydrogen) atoms. The summed E-state index contributed by atoms with van der Waals surface area (Å²) in [6.45, 7) is -0.0437. The number of nitrogens with one attached hydrogen (secondary N) is 2. The fraction of sp³-hybridized carbons (Fsp3) is 0.0909. The number of pyridine rings is 1. The first kappa shape index (κ1) is 21.3. The number of fused-ring (bicyclic) bond motifs is 1. The van der Waals surface area contributed by atoms with E-state index < -0.39 is 17.7 Å². The summed E-state index contributed by atoms with van der Waals surface area (Å²) in [6, 6.07) is 10.6. The number of nitrogens with zero attached hydrogens (tertiary/aromatic N) is 4. The summed E-state index contributed by atoms with van der Waals surface area (Å²) in [5.74, 6) is -0.747. The van der Waals surface area contributed by atoms with Crippen molar-refractivity contribution in [2.75, 3.05) is 16.8 Å². The minimum atomic E-state index is -0.916. The molecule has 1 aliphatic heterocycles. The third-order valence-corrected chi connectivity index (χ3v) is 4.91. The van der Waals surface area contributed by atoms with Crippen molar-refractivity contribution in [2.45, 2.75) is 12.6 Å². The van der Waals surface area contributed by atoms with E-state index in [0.717, 1.165) is 6.07 Å². The van der Waals surface area contributed by atoms with E-state index in [-0.39, 0.29) is 41.2 Å². The molecule has 0 aliphatic carbocycles. The van der Waals surface area contributed by atoms with E-state index in [2.05, 4.69) is 20.6 Å². The van der Waals surface area contributed by atoms with Gasteiger partial charge >= 0.3 is 0 Å². The van der Waals surface area contributed by atoms with Gasteiger partial charge in [-0.2, -0.15) is 10.5 Å². The number of hydrogen-bond acceptors (Lipinski definition) is 9. The van der Waals surface area contributed by atoms with Gasteiger partial charge in [0.1, 0.15) is 53.3 Å². The number of rotatable bonds is 4. The fourth-order valence-electron chi connectivity index (χ4n) is 3.45. The molecule has 1 unspecified atom stereocenters. The number of guanidine groups is 1. The molecule has 11 heteroatoms. The SMILES string of the molecule is N#CNC1=NC(c2ccc(F)cc2OCc2cccc(F)c2)c2c(nc(N)c(C#N)c2N)N1. The quantitative estimate of drug-likeness (QED) is 0.352. The Morgan fingerprint density at radius 3 is 2.64 bits per heavy atom. The molecule has 0 fully saturated rings. The lowest BCUT2D eigenvalue weighted by atomic mass is 9.94. The minimum Gasteiger partial charge on any atom is -0.488 e. The summed E-state index contributed by atoms with van der Waals surface area (Å²) < 4.78 is 33.4. The molecule has 3 aromatic rings. The van der Waals surface area contributed by atoms with Gasteiger partial charge < -0.3 is 21.5 Å². The predicted octanol–water partition coefficient (Wildman–Crippen LogP) is 2.92. The molecular weight excluding hydrogens is 430 g/mol. The van der Waals surface area contributed by atoms with Crippen molar-refractivity contribution in [3.63, 3.8) is 0 Å². The second kappa shape index (κ2) is 8.69. The summed E-state index contributed by atoms with van der Waals surface area (Å²) in [7, 11) is 0. The van der Waals surface area contributed by atoms with Crippen molar-refractivity contribution in [1.82, 2.24) is 10.3 Å². The Hall–Kier alpha value is -4.90. The van der Waals surface area contributed by atoms with Gasteiger partial charge in [0.05, 0.1) is 5.69 Å². The second-order valence-corrected chi connectivity index (χ2v) is 7.00. The number of hydrogen-bond donors (Lipinski definition) is 4. The van der Waals surface area contributed by atoms with Gasteiger partial charge in [-0.15, -0.1) is 0 Å². The predicted molar refractivity (Wildman–Crippen MR) is 117 cm³/mol. The van der Waals surface area contributed by atoms with Crippen molar-refractivity contribution in [3.8, 4) is 18.0 Å². The lowest BCUT2D eigenvalue weighted by molar-refractivity contribution is 0.299. The van der Waals surface area contributed by atoms with E-state index in [1.165, 1.54) is 30.3 Å². The number of halogens is 2. The first-order valence-corrected chi connectivity index (χ1v) is 9.56. The molecule has 164 valence electrons. The number of benzene rings is 2. The molecule has 0 amide bonds. The zero-order chi connectivity index (χ0) is 23.5. The minimum absolute atomic E-state index is 0.0308. The molecule has 0 bridgehead atoms. The highest BCUT2D eigenvalue weighted by Gasteiger charge is 2.31. The van der Waals surface area contributed by atoms with Crippen LogP contribution in [0.1, 0.15) is 28.3 Å². The van der Waals surface area contributed by atoms with Gasteiger partial charge in [-0.3, -0.25) is 5.32 Å². The van der Waals surface area contributed by atoms with Crippen molar-refractivity contribution >= 4 is 23.3 Å². The van der Waals surface area contributed by atoms with E-state index >= 15 is 0 Å². The van der Waals surface area contributed by atoms with Crippen LogP contribution >= 0.6 is 0 Å². The van der Waals surface area contributed by atoms with Gasteiger partial charge in [0, 0.05) is 17.2 Å². The summed E-state index contributed by atoms with van der Waals surface area (Å²) in [5.41, 5.74) is 13.3. The van der Waals surface area contributed by atoms with E-state index in [1.54, 1.807) is 12.3 Å². The van der Waals surface area contributed by atoms with Gasteiger partial charge in [0.25, 0.3) is 0 Å². The van der Waals surface area contributed by atoms with E-state index in [1.807, 2.05) is 6.07 Å². The van der Waals surface area contributed by atoms with Crippen LogP contribution in [0.3, 0.4) is 0 Å². The van der Waals surface area contributed by atoms with Crippen molar-refractivity contribution in [2.24, 2.45) is 4.99 Å². The molecule has 2 heterocycles. The van der Waals surface area contributed by atoms with Crippen LogP contribution in [0.5, 0.6) is 5.75 Å². The average Bonchev–Trinajstić information content (AvgIpc) is 2.77. The molecule has 0 saturated heterocycles. The molecule has 6 N–H and O–H groups in total.